The van der Waals surface area contributed by atoms with E-state index in [1.54, 1.807) is 36.5 Å². The van der Waals surface area contributed by atoms with Gasteiger partial charge in [0.15, 0.2) is 17.1 Å². The van der Waals surface area contributed by atoms with E-state index in [4.69, 9.17) is 21.1 Å². The number of halogens is 2. The van der Waals surface area contributed by atoms with Crippen molar-refractivity contribution < 1.29 is 13.9 Å². The zero-order valence-electron chi connectivity index (χ0n) is 18.8. The Hall–Kier alpha value is -4.24. The predicted molar refractivity (Wildman–Crippen MR) is 134 cm³/mol. The second-order valence-electron chi connectivity index (χ2n) is 7.78. The number of ether oxygens (including phenoxy) is 2. The average molecular weight is 491 g/mol. The maximum absolute atomic E-state index is 14.0. The molecular formula is C25H20ClFN6O2. The Bertz CT molecular complexity index is 1550. The Morgan fingerprint density at radius 2 is 2.00 bits per heavy atom. The third-order valence-corrected chi connectivity index (χ3v) is 5.72. The third kappa shape index (κ3) is 4.71. The highest BCUT2D eigenvalue weighted by Gasteiger charge is 2.11. The maximum Gasteiger partial charge on any atom is 0.265 e. The van der Waals surface area contributed by atoms with Gasteiger partial charge in [-0.1, -0.05) is 29.3 Å². The minimum atomic E-state index is -0.427. The molecule has 2 aromatic heterocycles. The maximum atomic E-state index is 14.0. The van der Waals surface area contributed by atoms with Crippen LogP contribution >= 0.6 is 11.6 Å². The zero-order chi connectivity index (χ0) is 24.4. The molecule has 176 valence electrons. The summed E-state index contributed by atoms with van der Waals surface area (Å²) >= 11 is 6.07. The van der Waals surface area contributed by atoms with Crippen molar-refractivity contribution in [2.75, 3.05) is 12.5 Å². The first-order valence-corrected chi connectivity index (χ1v) is 11.0. The van der Waals surface area contributed by atoms with Crippen LogP contribution in [0.25, 0.3) is 22.1 Å². The number of nitrogens with zero attached hydrogens (tertiary/aromatic N) is 4. The first kappa shape index (κ1) is 22.5. The molecule has 5 aromatic rings. The van der Waals surface area contributed by atoms with E-state index in [9.17, 15) is 4.39 Å². The van der Waals surface area contributed by atoms with Gasteiger partial charge >= 0.3 is 0 Å². The Morgan fingerprint density at radius 1 is 1.11 bits per heavy atom. The van der Waals surface area contributed by atoms with Gasteiger partial charge in [-0.15, -0.1) is 10.2 Å². The van der Waals surface area contributed by atoms with Gasteiger partial charge in [-0.2, -0.15) is 10.1 Å². The van der Waals surface area contributed by atoms with Gasteiger partial charge in [-0.3, -0.25) is 0 Å². The van der Waals surface area contributed by atoms with Crippen LogP contribution in [0.4, 0.5) is 10.3 Å². The highest BCUT2D eigenvalue weighted by molar-refractivity contribution is 6.31. The van der Waals surface area contributed by atoms with E-state index in [2.05, 4.69) is 30.7 Å². The molecule has 0 saturated heterocycles. The smallest absolute Gasteiger partial charge is 0.265 e. The van der Waals surface area contributed by atoms with Gasteiger partial charge in [0, 0.05) is 16.5 Å². The molecular weight excluding hydrogens is 471 g/mol. The molecule has 0 bridgehead atoms. The molecule has 0 aliphatic rings. The van der Waals surface area contributed by atoms with Crippen LogP contribution < -0.4 is 14.9 Å². The number of hydrogen-bond donors (Lipinski definition) is 2. The Balaban J connectivity index is 1.29. The van der Waals surface area contributed by atoms with Crippen molar-refractivity contribution in [2.45, 2.75) is 13.5 Å². The van der Waals surface area contributed by atoms with Crippen LogP contribution in [0.3, 0.4) is 0 Å². The van der Waals surface area contributed by atoms with E-state index in [1.807, 2.05) is 25.1 Å². The molecule has 5 rings (SSSR count). The molecule has 0 amide bonds. The van der Waals surface area contributed by atoms with Gasteiger partial charge in [-0.25, -0.2) is 9.82 Å². The average Bonchev–Trinajstić information content (AvgIpc) is 3.21. The van der Waals surface area contributed by atoms with Gasteiger partial charge in [0.25, 0.3) is 5.95 Å². The molecule has 0 fully saturated rings. The fraction of sp³-hybridized carbons (Fsp3) is 0.120. The summed E-state index contributed by atoms with van der Waals surface area (Å²) in [7, 11) is 1.52. The number of anilines is 1. The molecule has 8 nitrogen and oxygen atoms in total. The lowest BCUT2D eigenvalue weighted by atomic mass is 10.2. The van der Waals surface area contributed by atoms with Crippen molar-refractivity contribution in [1.29, 1.82) is 0 Å². The van der Waals surface area contributed by atoms with Crippen LogP contribution in [0.5, 0.6) is 11.5 Å². The highest BCUT2D eigenvalue weighted by atomic mass is 35.5. The normalized spacial score (nSPS) is 11.4. The molecule has 35 heavy (non-hydrogen) atoms. The van der Waals surface area contributed by atoms with E-state index in [1.165, 1.54) is 13.2 Å². The van der Waals surface area contributed by atoms with Crippen LogP contribution in [-0.4, -0.2) is 33.5 Å². The number of aromatic amines is 1. The lowest BCUT2D eigenvalue weighted by Crippen LogP contribution is -2.02. The van der Waals surface area contributed by atoms with Crippen molar-refractivity contribution in [1.82, 2.24) is 20.2 Å². The van der Waals surface area contributed by atoms with Crippen LogP contribution in [0.2, 0.25) is 5.02 Å². The van der Waals surface area contributed by atoms with Gasteiger partial charge in [-0.05, 0) is 55.0 Å². The molecule has 0 spiro atoms. The Morgan fingerprint density at radius 3 is 2.83 bits per heavy atom. The van der Waals surface area contributed by atoms with Gasteiger partial charge in [0.2, 0.25) is 0 Å². The molecule has 0 aliphatic heterocycles. The van der Waals surface area contributed by atoms with Crippen molar-refractivity contribution in [3.63, 3.8) is 0 Å². The molecule has 3 aromatic carbocycles. The Kier molecular flexibility index (Phi) is 6.15. The zero-order valence-corrected chi connectivity index (χ0v) is 19.6. The second kappa shape index (κ2) is 9.55. The van der Waals surface area contributed by atoms with Gasteiger partial charge in [0.05, 0.1) is 18.3 Å². The number of aromatic nitrogens is 4. The number of aryl methyl sites for hydroxylation is 1. The fourth-order valence-electron chi connectivity index (χ4n) is 3.60. The molecule has 0 saturated carbocycles. The third-order valence-electron chi connectivity index (χ3n) is 5.37. The number of nitrogens with one attached hydrogen (secondary N) is 2. The number of rotatable bonds is 7. The van der Waals surface area contributed by atoms with E-state index in [0.717, 1.165) is 22.0 Å². The summed E-state index contributed by atoms with van der Waals surface area (Å²) in [4.78, 5) is 7.69. The molecule has 0 radical (unpaired) electrons. The van der Waals surface area contributed by atoms with Crippen LogP contribution in [-0.2, 0) is 6.61 Å². The number of benzene rings is 3. The van der Waals surface area contributed by atoms with E-state index in [0.29, 0.717) is 27.7 Å². The first-order chi connectivity index (χ1) is 17.0. The molecule has 0 unspecified atom stereocenters. The molecule has 2 N–H and O–H groups in total. The predicted octanol–water partition coefficient (Wildman–Crippen LogP) is 5.64. The fourth-order valence-corrected chi connectivity index (χ4v) is 3.82. The molecule has 0 aliphatic carbocycles. The van der Waals surface area contributed by atoms with Crippen molar-refractivity contribution in [2.24, 2.45) is 5.10 Å². The lowest BCUT2D eigenvalue weighted by molar-refractivity contribution is 0.280. The van der Waals surface area contributed by atoms with E-state index >= 15 is 0 Å². The standard InChI is InChI=1S/C25H20ClFN6O2/c1-14-6-8-20-16(10-14)23-24(29-20)30-25(33-31-23)32-28-12-15-7-9-21(22(11-15)34-2)35-13-17-18(26)4-3-5-19(17)27/h3-12H,13H2,1-2H3,(H2,29,30,32,33)/b28-12+. The number of methoxy groups -OCH3 is 1. The van der Waals surface area contributed by atoms with Crippen molar-refractivity contribution >= 4 is 45.8 Å². The highest BCUT2D eigenvalue weighted by Crippen LogP contribution is 2.30. The largest absolute Gasteiger partial charge is 0.493 e. The molecule has 10 heteroatoms. The van der Waals surface area contributed by atoms with Gasteiger partial charge in [0.1, 0.15) is 17.9 Å². The second-order valence-corrected chi connectivity index (χ2v) is 8.18. The monoisotopic (exact) mass is 490 g/mol. The van der Waals surface area contributed by atoms with Gasteiger partial charge < -0.3 is 14.5 Å². The van der Waals surface area contributed by atoms with E-state index in [-0.39, 0.29) is 18.1 Å². The summed E-state index contributed by atoms with van der Waals surface area (Å²) in [6.07, 6.45) is 1.59. The number of fused-ring (bicyclic) bond motifs is 3. The van der Waals surface area contributed by atoms with Crippen molar-refractivity contribution in [3.8, 4) is 11.5 Å². The number of hydrazone groups is 1. The quantitative estimate of drug-likeness (QED) is 0.226. The summed E-state index contributed by atoms with van der Waals surface area (Å²) in [6.45, 7) is 1.99. The van der Waals surface area contributed by atoms with Crippen LogP contribution in [0, 0.1) is 12.7 Å². The topological polar surface area (TPSA) is 97.3 Å². The minimum absolute atomic E-state index is 0.0308. The molecule has 2 heterocycles. The molecule has 0 atom stereocenters. The summed E-state index contributed by atoms with van der Waals surface area (Å²) in [5.74, 6) is 0.743. The number of H-pyrrole nitrogens is 1. The first-order valence-electron chi connectivity index (χ1n) is 10.7. The summed E-state index contributed by atoms with van der Waals surface area (Å²) in [5.41, 5.74) is 7.21. The van der Waals surface area contributed by atoms with Crippen molar-refractivity contribution in [3.05, 3.63) is 82.1 Å². The van der Waals surface area contributed by atoms with Crippen LogP contribution in [0.1, 0.15) is 16.7 Å². The summed E-state index contributed by atoms with van der Waals surface area (Å²) in [6, 6.07) is 15.8. The summed E-state index contributed by atoms with van der Waals surface area (Å²) < 4.78 is 25.1. The number of hydrogen-bond acceptors (Lipinski definition) is 7. The van der Waals surface area contributed by atoms with Crippen LogP contribution in [0.15, 0.2) is 59.7 Å². The Labute approximate surface area is 204 Å². The SMILES string of the molecule is COc1cc(/C=N/Nc2nnc3c(n2)[nH]c2ccc(C)cc23)ccc1OCc1c(F)cccc1Cl. The van der Waals surface area contributed by atoms with E-state index < -0.39 is 5.82 Å². The summed E-state index contributed by atoms with van der Waals surface area (Å²) in [5, 5.41) is 13.9. The minimum Gasteiger partial charge on any atom is -0.493 e. The lowest BCUT2D eigenvalue weighted by Gasteiger charge is -2.12.